The van der Waals surface area contributed by atoms with Crippen molar-refractivity contribution in [2.24, 2.45) is 5.41 Å². The predicted octanol–water partition coefficient (Wildman–Crippen LogP) is -0.873. The van der Waals surface area contributed by atoms with Gasteiger partial charge in [0.1, 0.15) is 36.3 Å². The first-order chi connectivity index (χ1) is 24.9. The van der Waals surface area contributed by atoms with Crippen molar-refractivity contribution < 1.29 is 85.6 Å². The van der Waals surface area contributed by atoms with Crippen molar-refractivity contribution in [3.8, 4) is 0 Å². The average Bonchev–Trinajstić information content (AvgIpc) is 3.60. The molecule has 2 aromatic heterocycles. The van der Waals surface area contributed by atoms with E-state index < -0.39 is 89.7 Å². The topological polar surface area (TPSA) is 384 Å². The summed E-state index contributed by atoms with van der Waals surface area (Å²) >= 11 is 0.862. The van der Waals surface area contributed by atoms with Gasteiger partial charge < -0.3 is 56.0 Å². The van der Waals surface area contributed by atoms with Gasteiger partial charge in [-0.05, 0) is 6.92 Å². The van der Waals surface area contributed by atoms with Gasteiger partial charge >= 0.3 is 23.5 Å². The first kappa shape index (κ1) is 45.5. The van der Waals surface area contributed by atoms with Gasteiger partial charge in [-0.25, -0.2) is 28.6 Å². The lowest BCUT2D eigenvalue weighted by Gasteiger charge is -2.30. The number of thioether (sulfide) groups is 1. The summed E-state index contributed by atoms with van der Waals surface area (Å²) in [5, 5.41) is 34.8. The maximum absolute atomic E-state index is 12.6. The number of phosphoric acid groups is 3. The molecular weight excluding hydrogens is 811 g/mol. The average molecular weight is 852 g/mol. The molecule has 7 atom stereocenters. The minimum absolute atomic E-state index is 0.0246. The third-order valence-electron chi connectivity index (χ3n) is 7.07. The minimum atomic E-state index is -5.58. The maximum Gasteiger partial charge on any atom is 0.481 e. The fourth-order valence-corrected chi connectivity index (χ4v) is 7.98. The zero-order valence-corrected chi connectivity index (χ0v) is 32.1. The fourth-order valence-electron chi connectivity index (χ4n) is 4.49. The molecule has 0 saturated carbocycles. The number of ether oxygens (including phenoxy) is 1. The number of hydrogen-bond donors (Lipinski definition) is 10. The summed E-state index contributed by atoms with van der Waals surface area (Å²) in [6.07, 6.45) is -5.99. The van der Waals surface area contributed by atoms with E-state index >= 15 is 0 Å². The lowest BCUT2D eigenvalue weighted by Crippen LogP contribution is -2.46. The number of aliphatic hydroxyl groups is 3. The number of amides is 2. The van der Waals surface area contributed by atoms with E-state index in [1.54, 1.807) is 0 Å². The number of anilines is 1. The summed E-state index contributed by atoms with van der Waals surface area (Å²) in [6.45, 7) is 1.64. The summed E-state index contributed by atoms with van der Waals surface area (Å²) in [6, 6.07) is 0. The minimum Gasteiger partial charge on any atom is -0.512 e. The van der Waals surface area contributed by atoms with Crippen LogP contribution in [0.5, 0.6) is 0 Å². The van der Waals surface area contributed by atoms with Crippen LogP contribution in [0.15, 0.2) is 24.5 Å². The monoisotopic (exact) mass is 851 g/mol. The number of fused-ring (bicyclic) bond motifs is 1. The van der Waals surface area contributed by atoms with Gasteiger partial charge in [-0.3, -0.25) is 32.5 Å². The quantitative estimate of drug-likeness (QED) is 0.0335. The van der Waals surface area contributed by atoms with E-state index in [-0.39, 0.29) is 48.0 Å². The highest BCUT2D eigenvalue weighted by molar-refractivity contribution is 8.14. The first-order valence-electron chi connectivity index (χ1n) is 15.3. The highest BCUT2D eigenvalue weighted by Crippen LogP contribution is 2.61. The van der Waals surface area contributed by atoms with Crippen molar-refractivity contribution in [1.29, 1.82) is 0 Å². The van der Waals surface area contributed by atoms with Crippen molar-refractivity contribution in [2.45, 2.75) is 57.8 Å². The Bertz CT molecular complexity index is 1840. The number of hydrogen-bond acceptors (Lipinski definition) is 19. The molecule has 54 heavy (non-hydrogen) atoms. The van der Waals surface area contributed by atoms with Crippen LogP contribution in [0.4, 0.5) is 5.82 Å². The zero-order valence-electron chi connectivity index (χ0n) is 28.6. The molecule has 1 aliphatic rings. The lowest BCUT2D eigenvalue weighted by atomic mass is 9.87. The summed E-state index contributed by atoms with van der Waals surface area (Å²) in [5.74, 6) is -1.48. The summed E-state index contributed by atoms with van der Waals surface area (Å²) in [5.41, 5.74) is 4.22. The number of nitrogens with one attached hydrogen (secondary N) is 2. The van der Waals surface area contributed by atoms with E-state index in [2.05, 4.69) is 34.4 Å². The van der Waals surface area contributed by atoms with Crippen molar-refractivity contribution in [1.82, 2.24) is 30.2 Å². The van der Waals surface area contributed by atoms with E-state index in [0.29, 0.717) is 0 Å². The first-order valence-corrected chi connectivity index (χ1v) is 20.8. The second-order valence-corrected chi connectivity index (χ2v) is 17.4. The third-order valence-corrected chi connectivity index (χ3v) is 11.0. The standard InChI is InChI=1S/C25H40N7O18P3S/c1-13(33)8-16(35)54-7-6-27-15(34)4-5-28-23(38)20(37)25(2,3)10-47-53(44,45)50-52(42,43)46-9-14-19(49-51(39,40)41)18(36)24(48-14)32-12-31-17-21(26)29-11-30-22(17)32/h8,11-12,14,18-20,24,33,36-37H,4-7,9-10H2,1-3H3,(H,27,34)(H,28,38)(H,42,43)(H,44,45)(H2,26,29,30)(H2,39,40,41)/b13-8-/t14-,18-,19-,20?,24-/m1/s1. The number of nitrogen functional groups attached to an aromatic ring is 1. The van der Waals surface area contributed by atoms with Gasteiger partial charge in [0.25, 0.3) is 0 Å². The highest BCUT2D eigenvalue weighted by Gasteiger charge is 2.50. The molecule has 0 bridgehead atoms. The summed E-state index contributed by atoms with van der Waals surface area (Å²) < 4.78 is 61.9. The van der Waals surface area contributed by atoms with Gasteiger partial charge in [-0.15, -0.1) is 0 Å². The zero-order chi connectivity index (χ0) is 40.6. The second-order valence-electron chi connectivity index (χ2n) is 12.0. The number of nitrogens with two attached hydrogens (primary N) is 1. The number of carbonyl (C=O) groups excluding carboxylic acids is 3. The van der Waals surface area contributed by atoms with Gasteiger partial charge in [0.05, 0.1) is 25.3 Å². The Hall–Kier alpha value is -2.90. The number of rotatable bonds is 20. The van der Waals surface area contributed by atoms with E-state index in [4.69, 9.17) is 24.6 Å². The summed E-state index contributed by atoms with van der Waals surface area (Å²) in [7, 11) is -16.4. The molecule has 304 valence electrons. The fraction of sp³-hybridized carbons (Fsp3) is 0.600. The molecule has 3 rings (SSSR count). The molecular formula is C25H40N7O18P3S. The van der Waals surface area contributed by atoms with Gasteiger partial charge in [0.2, 0.25) is 16.9 Å². The van der Waals surface area contributed by atoms with Crippen molar-refractivity contribution in [2.75, 3.05) is 37.8 Å². The normalized spacial score (nSPS) is 22.4. The van der Waals surface area contributed by atoms with Crippen LogP contribution in [0.1, 0.15) is 33.4 Å². The molecule has 29 heteroatoms. The van der Waals surface area contributed by atoms with Crippen LogP contribution < -0.4 is 16.4 Å². The van der Waals surface area contributed by atoms with Crippen LogP contribution >= 0.6 is 35.2 Å². The Balaban J connectivity index is 1.51. The largest absolute Gasteiger partial charge is 0.512 e. The molecule has 11 N–H and O–H groups in total. The van der Waals surface area contributed by atoms with Crippen LogP contribution in [-0.2, 0) is 50.7 Å². The smallest absolute Gasteiger partial charge is 0.481 e. The van der Waals surface area contributed by atoms with E-state index in [1.807, 2.05) is 0 Å². The van der Waals surface area contributed by atoms with Crippen LogP contribution in [0.2, 0.25) is 0 Å². The number of allylic oxidation sites excluding steroid dienone is 1. The molecule has 0 spiro atoms. The number of phosphoric ester groups is 3. The van der Waals surface area contributed by atoms with Crippen LogP contribution in [0, 0.1) is 5.41 Å². The van der Waals surface area contributed by atoms with Crippen LogP contribution in [0.25, 0.3) is 11.2 Å². The Morgan fingerprint density at radius 2 is 1.76 bits per heavy atom. The maximum atomic E-state index is 12.6. The molecule has 3 heterocycles. The molecule has 1 aliphatic heterocycles. The number of aliphatic hydroxyl groups excluding tert-OH is 3. The predicted molar refractivity (Wildman–Crippen MR) is 183 cm³/mol. The van der Waals surface area contributed by atoms with Gasteiger partial charge in [0.15, 0.2) is 17.7 Å². The SMILES string of the molecule is C/C(O)=C/C(=O)SCCNC(=O)CCNC(=O)C(O)C(C)(C)COP(=O)(O)OP(=O)(O)OC[C@H]1O[C@@H](n2cnc3c(N)ncnc32)[C@H](O)[C@@H]1OP(=O)(O)O. The molecule has 3 unspecified atom stereocenters. The van der Waals surface area contributed by atoms with E-state index in [9.17, 15) is 57.9 Å². The van der Waals surface area contributed by atoms with E-state index in [0.717, 1.165) is 35.1 Å². The molecule has 0 aliphatic carbocycles. The number of carbonyl (C=O) groups is 3. The molecule has 0 aromatic carbocycles. The van der Waals surface area contributed by atoms with Crippen LogP contribution in [-0.4, -0.2) is 128 Å². The molecule has 1 saturated heterocycles. The van der Waals surface area contributed by atoms with Gasteiger partial charge in [-0.1, -0.05) is 25.6 Å². The van der Waals surface area contributed by atoms with Gasteiger partial charge in [-0.2, -0.15) is 4.31 Å². The Morgan fingerprint density at radius 1 is 1.09 bits per heavy atom. The number of aromatic nitrogens is 4. The van der Waals surface area contributed by atoms with Crippen molar-refractivity contribution in [3.63, 3.8) is 0 Å². The van der Waals surface area contributed by atoms with Crippen molar-refractivity contribution in [3.05, 3.63) is 24.5 Å². The molecule has 0 radical (unpaired) electrons. The molecule has 2 aromatic rings. The lowest BCUT2D eigenvalue weighted by molar-refractivity contribution is -0.137. The molecule has 25 nitrogen and oxygen atoms in total. The molecule has 1 fully saturated rings. The second kappa shape index (κ2) is 18.8. The number of nitrogens with zero attached hydrogens (tertiary/aromatic N) is 4. The summed E-state index contributed by atoms with van der Waals surface area (Å²) in [4.78, 5) is 86.8. The van der Waals surface area contributed by atoms with Crippen LogP contribution in [0.3, 0.4) is 0 Å². The van der Waals surface area contributed by atoms with E-state index in [1.165, 1.54) is 20.8 Å². The third kappa shape index (κ3) is 13.7. The Labute approximate surface area is 310 Å². The Kier molecular flexibility index (Phi) is 15.9. The Morgan fingerprint density at radius 3 is 2.41 bits per heavy atom. The highest BCUT2D eigenvalue weighted by atomic mass is 32.2. The number of imidazole rings is 1. The van der Waals surface area contributed by atoms with Gasteiger partial charge in [0, 0.05) is 36.8 Å². The molecule has 2 amide bonds. The van der Waals surface area contributed by atoms with Crippen molar-refractivity contribution >= 4 is 69.1 Å².